The van der Waals surface area contributed by atoms with Gasteiger partial charge in [-0.2, -0.15) is 4.31 Å². The molecule has 2 heterocycles. The molecule has 1 amide bonds. The Kier molecular flexibility index (Phi) is 5.78. The Morgan fingerprint density at radius 3 is 2.55 bits per heavy atom. The van der Waals surface area contributed by atoms with Gasteiger partial charge in [0.05, 0.1) is 0 Å². The van der Waals surface area contributed by atoms with Gasteiger partial charge in [-0.15, -0.1) is 11.3 Å². The number of carbonyl (C=O) groups is 1. The summed E-state index contributed by atoms with van der Waals surface area (Å²) in [6.07, 6.45) is 0. The van der Waals surface area contributed by atoms with Crippen molar-refractivity contribution in [1.29, 1.82) is 0 Å². The van der Waals surface area contributed by atoms with Crippen LogP contribution in [0.2, 0.25) is 0 Å². The van der Waals surface area contributed by atoms with E-state index in [4.69, 9.17) is 0 Å². The number of hydrogen-bond donors (Lipinski definition) is 1. The summed E-state index contributed by atoms with van der Waals surface area (Å²) in [4.78, 5) is 18.5. The van der Waals surface area contributed by atoms with E-state index < -0.39 is 15.8 Å². The van der Waals surface area contributed by atoms with Crippen LogP contribution >= 0.6 is 11.3 Å². The molecule has 3 aromatic rings. The molecule has 10 heteroatoms. The molecule has 162 valence electrons. The Labute approximate surface area is 183 Å². The van der Waals surface area contributed by atoms with Crippen LogP contribution in [0.15, 0.2) is 52.7 Å². The van der Waals surface area contributed by atoms with E-state index in [2.05, 4.69) is 4.98 Å². The smallest absolute Gasteiger partial charge is 0.273 e. The zero-order chi connectivity index (χ0) is 22.2. The van der Waals surface area contributed by atoms with Crippen molar-refractivity contribution in [1.82, 2.24) is 14.2 Å². The molecule has 0 radical (unpaired) electrons. The van der Waals surface area contributed by atoms with Crippen molar-refractivity contribution in [3.63, 3.8) is 0 Å². The highest BCUT2D eigenvalue weighted by molar-refractivity contribution is 7.89. The molecule has 0 aliphatic carbocycles. The molecule has 31 heavy (non-hydrogen) atoms. The van der Waals surface area contributed by atoms with Crippen molar-refractivity contribution in [2.24, 2.45) is 0 Å². The van der Waals surface area contributed by atoms with Gasteiger partial charge in [-0.05, 0) is 36.8 Å². The minimum atomic E-state index is -3.88. The highest BCUT2D eigenvalue weighted by Gasteiger charge is 2.32. The average molecular weight is 462 g/mol. The van der Waals surface area contributed by atoms with Crippen molar-refractivity contribution in [3.05, 3.63) is 64.9 Å². The number of aromatic nitrogens is 1. The first-order chi connectivity index (χ1) is 14.8. The summed E-state index contributed by atoms with van der Waals surface area (Å²) in [6.45, 7) is 2.34. The maximum atomic E-state index is 14.0. The number of thiazole rings is 1. The number of rotatable bonds is 4. The highest BCUT2D eigenvalue weighted by Crippen LogP contribution is 2.29. The molecule has 0 spiro atoms. The van der Waals surface area contributed by atoms with Gasteiger partial charge in [0.1, 0.15) is 27.2 Å². The average Bonchev–Trinajstić information content (AvgIpc) is 3.25. The van der Waals surface area contributed by atoms with E-state index in [1.54, 1.807) is 36.6 Å². The molecule has 2 aromatic carbocycles. The predicted molar refractivity (Wildman–Crippen MR) is 115 cm³/mol. The Bertz CT molecular complexity index is 1230. The van der Waals surface area contributed by atoms with Gasteiger partial charge in [0, 0.05) is 37.1 Å². The number of aryl methyl sites for hydroxylation is 1. The van der Waals surface area contributed by atoms with Gasteiger partial charge in [0.25, 0.3) is 5.91 Å². The monoisotopic (exact) mass is 461 g/mol. The van der Waals surface area contributed by atoms with Crippen LogP contribution in [0.4, 0.5) is 4.39 Å². The standard InChI is InChI=1S/C21H20FN3O4S2/c1-14-6-7-18(26)19(12-14)31(28,29)25-10-8-24(9-11-25)21(27)17-13-30-20(23-17)15-4-2-3-5-16(15)22/h2-7,12-13,26H,8-11H2,1H3. The molecule has 1 N–H and O–H groups in total. The first kappa shape index (κ1) is 21.4. The number of carbonyl (C=O) groups excluding carboxylic acids is 1. The van der Waals surface area contributed by atoms with Gasteiger partial charge in [-0.25, -0.2) is 17.8 Å². The Morgan fingerprint density at radius 2 is 1.84 bits per heavy atom. The first-order valence-electron chi connectivity index (χ1n) is 9.57. The second-order valence-corrected chi connectivity index (χ2v) is 9.95. The number of sulfonamides is 1. The zero-order valence-corrected chi connectivity index (χ0v) is 18.3. The summed E-state index contributed by atoms with van der Waals surface area (Å²) in [5.41, 5.74) is 1.26. The number of halogens is 1. The molecule has 1 fully saturated rings. The molecule has 7 nitrogen and oxygen atoms in total. The normalized spacial score (nSPS) is 15.2. The van der Waals surface area contributed by atoms with E-state index in [0.29, 0.717) is 10.6 Å². The molecule has 1 aliphatic rings. The Morgan fingerprint density at radius 1 is 1.13 bits per heavy atom. The molecular formula is C21H20FN3O4S2. The summed E-state index contributed by atoms with van der Waals surface area (Å²) < 4.78 is 41.1. The third-order valence-corrected chi connectivity index (χ3v) is 7.89. The van der Waals surface area contributed by atoms with Crippen molar-refractivity contribution < 1.29 is 22.7 Å². The molecule has 0 bridgehead atoms. The number of phenolic OH excluding ortho intramolecular Hbond substituents is 1. The summed E-state index contributed by atoms with van der Waals surface area (Å²) in [7, 11) is -3.88. The summed E-state index contributed by atoms with van der Waals surface area (Å²) in [5.74, 6) is -1.03. The molecular weight excluding hydrogens is 441 g/mol. The fourth-order valence-corrected chi connectivity index (χ4v) is 5.80. The van der Waals surface area contributed by atoms with E-state index in [1.165, 1.54) is 38.7 Å². The van der Waals surface area contributed by atoms with Crippen molar-refractivity contribution in [2.75, 3.05) is 26.2 Å². The largest absolute Gasteiger partial charge is 0.507 e. The van der Waals surface area contributed by atoms with Crippen LogP contribution in [-0.4, -0.2) is 59.8 Å². The number of benzene rings is 2. The summed E-state index contributed by atoms with van der Waals surface area (Å²) in [5, 5.41) is 12.0. The lowest BCUT2D eigenvalue weighted by atomic mass is 10.2. The quantitative estimate of drug-likeness (QED) is 0.645. The fourth-order valence-electron chi connectivity index (χ4n) is 3.39. The van der Waals surface area contributed by atoms with Gasteiger partial charge in [-0.1, -0.05) is 18.2 Å². The van der Waals surface area contributed by atoms with Crippen LogP contribution in [0.1, 0.15) is 16.1 Å². The van der Waals surface area contributed by atoms with Crippen LogP contribution in [0.3, 0.4) is 0 Å². The molecule has 4 rings (SSSR count). The number of amides is 1. The fraction of sp³-hybridized carbons (Fsp3) is 0.238. The molecule has 1 aromatic heterocycles. The number of aromatic hydroxyl groups is 1. The molecule has 1 aliphatic heterocycles. The maximum Gasteiger partial charge on any atom is 0.273 e. The lowest BCUT2D eigenvalue weighted by Crippen LogP contribution is -2.50. The van der Waals surface area contributed by atoms with E-state index in [0.717, 1.165) is 5.56 Å². The van der Waals surface area contributed by atoms with Crippen molar-refractivity contribution in [2.45, 2.75) is 11.8 Å². The molecule has 0 atom stereocenters. The summed E-state index contributed by atoms with van der Waals surface area (Å²) >= 11 is 1.18. The van der Waals surface area contributed by atoms with E-state index in [1.807, 2.05) is 0 Å². The molecule has 0 unspecified atom stereocenters. The second-order valence-electron chi connectivity index (χ2n) is 7.19. The zero-order valence-electron chi connectivity index (χ0n) is 16.7. The van der Waals surface area contributed by atoms with Crippen LogP contribution in [-0.2, 0) is 10.0 Å². The number of phenols is 1. The van der Waals surface area contributed by atoms with Gasteiger partial charge < -0.3 is 10.0 Å². The van der Waals surface area contributed by atoms with Crippen molar-refractivity contribution in [3.8, 4) is 16.3 Å². The Hall–Kier alpha value is -2.82. The van der Waals surface area contributed by atoms with Gasteiger partial charge in [-0.3, -0.25) is 4.79 Å². The van der Waals surface area contributed by atoms with Crippen LogP contribution in [0.5, 0.6) is 5.75 Å². The maximum absolute atomic E-state index is 14.0. The van der Waals surface area contributed by atoms with Crippen LogP contribution in [0.25, 0.3) is 10.6 Å². The minimum absolute atomic E-state index is 0.103. The molecule has 0 saturated carbocycles. The number of hydrogen-bond acceptors (Lipinski definition) is 6. The van der Waals surface area contributed by atoms with Gasteiger partial charge in [0.15, 0.2) is 0 Å². The first-order valence-corrected chi connectivity index (χ1v) is 11.9. The lowest BCUT2D eigenvalue weighted by Gasteiger charge is -2.33. The van der Waals surface area contributed by atoms with E-state index >= 15 is 0 Å². The lowest BCUT2D eigenvalue weighted by molar-refractivity contribution is 0.0692. The van der Waals surface area contributed by atoms with Gasteiger partial charge in [0.2, 0.25) is 10.0 Å². The third-order valence-electron chi connectivity index (χ3n) is 5.09. The van der Waals surface area contributed by atoms with E-state index in [-0.39, 0.29) is 48.4 Å². The molecule has 1 saturated heterocycles. The van der Waals surface area contributed by atoms with Gasteiger partial charge >= 0.3 is 0 Å². The highest BCUT2D eigenvalue weighted by atomic mass is 32.2. The van der Waals surface area contributed by atoms with Crippen molar-refractivity contribution >= 4 is 27.3 Å². The number of nitrogens with zero attached hydrogens (tertiary/aromatic N) is 3. The topological polar surface area (TPSA) is 90.8 Å². The van der Waals surface area contributed by atoms with Crippen LogP contribution < -0.4 is 0 Å². The SMILES string of the molecule is Cc1ccc(O)c(S(=O)(=O)N2CCN(C(=O)c3csc(-c4ccccc4F)n3)CC2)c1. The predicted octanol–water partition coefficient (Wildman–Crippen LogP) is 3.11. The second kappa shape index (κ2) is 8.37. The minimum Gasteiger partial charge on any atom is -0.507 e. The number of piperazine rings is 1. The third kappa shape index (κ3) is 4.18. The Balaban J connectivity index is 1.46. The van der Waals surface area contributed by atoms with Crippen LogP contribution in [0, 0.1) is 12.7 Å². The summed E-state index contributed by atoms with van der Waals surface area (Å²) in [6, 6.07) is 10.7. The van der Waals surface area contributed by atoms with E-state index in [9.17, 15) is 22.7 Å².